The van der Waals surface area contributed by atoms with Crippen LogP contribution in [0.1, 0.15) is 16.7 Å². The van der Waals surface area contributed by atoms with Crippen molar-refractivity contribution in [2.24, 2.45) is 0 Å². The Labute approximate surface area is 113 Å². The molecule has 0 aliphatic heterocycles. The van der Waals surface area contributed by atoms with Crippen LogP contribution in [0.15, 0.2) is 42.5 Å². The molecule has 0 unspecified atom stereocenters. The summed E-state index contributed by atoms with van der Waals surface area (Å²) in [6, 6.07) is 12.7. The van der Waals surface area contributed by atoms with Crippen molar-refractivity contribution < 1.29 is 9.13 Å². The molecule has 2 rings (SSSR count). The first-order valence-corrected chi connectivity index (χ1v) is 6.30. The van der Waals surface area contributed by atoms with Gasteiger partial charge in [0.25, 0.3) is 0 Å². The topological polar surface area (TPSA) is 21.3 Å². The van der Waals surface area contributed by atoms with Crippen LogP contribution in [0.4, 0.5) is 4.39 Å². The van der Waals surface area contributed by atoms with Crippen LogP contribution in [0.5, 0.6) is 5.75 Å². The van der Waals surface area contributed by atoms with Gasteiger partial charge in [-0.2, -0.15) is 0 Å². The number of nitrogens with one attached hydrogen (secondary N) is 1. The van der Waals surface area contributed by atoms with Crippen molar-refractivity contribution in [1.29, 1.82) is 0 Å². The minimum Gasteiger partial charge on any atom is -0.489 e. The molecule has 0 saturated carbocycles. The van der Waals surface area contributed by atoms with Gasteiger partial charge in [0, 0.05) is 6.54 Å². The van der Waals surface area contributed by atoms with Gasteiger partial charge in [-0.15, -0.1) is 0 Å². The van der Waals surface area contributed by atoms with Crippen LogP contribution >= 0.6 is 0 Å². The maximum atomic E-state index is 13.2. The van der Waals surface area contributed by atoms with E-state index in [-0.39, 0.29) is 5.82 Å². The van der Waals surface area contributed by atoms with Gasteiger partial charge in [0.15, 0.2) is 0 Å². The summed E-state index contributed by atoms with van der Waals surface area (Å²) in [5, 5.41) is 3.10. The molecule has 3 heteroatoms. The molecule has 19 heavy (non-hydrogen) atoms. The zero-order valence-corrected chi connectivity index (χ0v) is 11.2. The fourth-order valence-electron chi connectivity index (χ4n) is 1.91. The molecule has 2 nitrogen and oxygen atoms in total. The minimum atomic E-state index is -0.229. The van der Waals surface area contributed by atoms with Gasteiger partial charge in [0.05, 0.1) is 0 Å². The number of benzene rings is 2. The van der Waals surface area contributed by atoms with Crippen molar-refractivity contribution in [3.05, 3.63) is 65.0 Å². The molecule has 0 heterocycles. The summed E-state index contributed by atoms with van der Waals surface area (Å²) in [4.78, 5) is 0. The van der Waals surface area contributed by atoms with E-state index in [2.05, 4.69) is 5.32 Å². The summed E-state index contributed by atoms with van der Waals surface area (Å²) in [6.45, 7) is 3.14. The summed E-state index contributed by atoms with van der Waals surface area (Å²) in [7, 11) is 1.91. The van der Waals surface area contributed by atoms with Gasteiger partial charge in [-0.25, -0.2) is 4.39 Å². The van der Waals surface area contributed by atoms with E-state index in [1.54, 1.807) is 6.07 Å². The first kappa shape index (κ1) is 13.6. The van der Waals surface area contributed by atoms with E-state index in [9.17, 15) is 4.39 Å². The highest BCUT2D eigenvalue weighted by atomic mass is 19.1. The monoisotopic (exact) mass is 259 g/mol. The SMILES string of the molecule is CNCc1cccc(OCc2cc(F)ccc2C)c1. The van der Waals surface area contributed by atoms with Crippen LogP contribution in [0, 0.1) is 12.7 Å². The van der Waals surface area contributed by atoms with Crippen molar-refractivity contribution in [1.82, 2.24) is 5.32 Å². The maximum Gasteiger partial charge on any atom is 0.123 e. The number of halogens is 1. The smallest absolute Gasteiger partial charge is 0.123 e. The van der Waals surface area contributed by atoms with E-state index in [4.69, 9.17) is 4.74 Å². The first-order chi connectivity index (χ1) is 9.19. The molecule has 0 amide bonds. The van der Waals surface area contributed by atoms with Gasteiger partial charge >= 0.3 is 0 Å². The molecule has 1 N–H and O–H groups in total. The van der Waals surface area contributed by atoms with Crippen LogP contribution in [0.2, 0.25) is 0 Å². The quantitative estimate of drug-likeness (QED) is 0.888. The van der Waals surface area contributed by atoms with Gasteiger partial charge in [-0.05, 0) is 54.9 Å². The Morgan fingerprint density at radius 3 is 2.79 bits per heavy atom. The standard InChI is InChI=1S/C16H18FNO/c1-12-6-7-15(17)9-14(12)11-19-16-5-3-4-13(8-16)10-18-2/h3-9,18H,10-11H2,1-2H3. The Hall–Kier alpha value is -1.87. The molecule has 0 spiro atoms. The average molecular weight is 259 g/mol. The van der Waals surface area contributed by atoms with Crippen LogP contribution in [-0.2, 0) is 13.2 Å². The normalized spacial score (nSPS) is 10.5. The highest BCUT2D eigenvalue weighted by molar-refractivity contribution is 5.30. The fourth-order valence-corrected chi connectivity index (χ4v) is 1.91. The summed E-state index contributed by atoms with van der Waals surface area (Å²) < 4.78 is 18.9. The van der Waals surface area contributed by atoms with Gasteiger partial charge in [-0.3, -0.25) is 0 Å². The van der Waals surface area contributed by atoms with Crippen LogP contribution in [0.3, 0.4) is 0 Å². The molecule has 0 fully saturated rings. The number of hydrogen-bond acceptors (Lipinski definition) is 2. The number of aryl methyl sites for hydroxylation is 1. The molecule has 100 valence electrons. The Balaban J connectivity index is 2.05. The van der Waals surface area contributed by atoms with Gasteiger partial charge < -0.3 is 10.1 Å². The largest absolute Gasteiger partial charge is 0.489 e. The molecule has 0 saturated heterocycles. The summed E-state index contributed by atoms with van der Waals surface area (Å²) in [5.74, 6) is 0.574. The molecule has 0 atom stereocenters. The molecular weight excluding hydrogens is 241 g/mol. The van der Waals surface area contributed by atoms with Gasteiger partial charge in [-0.1, -0.05) is 18.2 Å². The lowest BCUT2D eigenvalue weighted by Gasteiger charge is -2.10. The Bertz CT molecular complexity index is 554. The van der Waals surface area contributed by atoms with Crippen LogP contribution < -0.4 is 10.1 Å². The molecule has 0 aliphatic rings. The van der Waals surface area contributed by atoms with Crippen molar-refractivity contribution in [2.75, 3.05) is 7.05 Å². The number of hydrogen-bond donors (Lipinski definition) is 1. The lowest BCUT2D eigenvalue weighted by atomic mass is 10.1. The van der Waals surface area contributed by atoms with Crippen LogP contribution in [0.25, 0.3) is 0 Å². The molecule has 0 aliphatic carbocycles. The Morgan fingerprint density at radius 2 is 2.00 bits per heavy atom. The first-order valence-electron chi connectivity index (χ1n) is 6.30. The molecular formula is C16H18FNO. The Kier molecular flexibility index (Phi) is 4.53. The molecule has 0 bridgehead atoms. The maximum absolute atomic E-state index is 13.2. The van der Waals surface area contributed by atoms with E-state index in [1.165, 1.54) is 12.1 Å². The van der Waals surface area contributed by atoms with E-state index in [1.807, 2.05) is 38.2 Å². The second-order valence-corrected chi connectivity index (χ2v) is 4.54. The number of ether oxygens (including phenoxy) is 1. The minimum absolute atomic E-state index is 0.229. The van der Waals surface area contributed by atoms with Crippen molar-refractivity contribution in [3.8, 4) is 5.75 Å². The van der Waals surface area contributed by atoms with Crippen LogP contribution in [-0.4, -0.2) is 7.05 Å². The third kappa shape index (κ3) is 3.80. The lowest BCUT2D eigenvalue weighted by Crippen LogP contribution is -2.05. The second-order valence-electron chi connectivity index (χ2n) is 4.54. The third-order valence-electron chi connectivity index (χ3n) is 2.98. The van der Waals surface area contributed by atoms with Gasteiger partial charge in [0.1, 0.15) is 18.2 Å². The molecule has 0 aromatic heterocycles. The van der Waals surface area contributed by atoms with E-state index in [0.29, 0.717) is 6.61 Å². The van der Waals surface area contributed by atoms with Crippen molar-refractivity contribution >= 4 is 0 Å². The molecule has 2 aromatic carbocycles. The molecule has 0 radical (unpaired) electrons. The second kappa shape index (κ2) is 6.34. The number of rotatable bonds is 5. The zero-order valence-electron chi connectivity index (χ0n) is 11.2. The van der Waals surface area contributed by atoms with Gasteiger partial charge in [0.2, 0.25) is 0 Å². The van der Waals surface area contributed by atoms with Crippen molar-refractivity contribution in [3.63, 3.8) is 0 Å². The highest BCUT2D eigenvalue weighted by Crippen LogP contribution is 2.17. The van der Waals surface area contributed by atoms with E-state index in [0.717, 1.165) is 29.0 Å². The predicted octanol–water partition coefficient (Wildman–Crippen LogP) is 3.43. The third-order valence-corrected chi connectivity index (χ3v) is 2.98. The predicted molar refractivity (Wildman–Crippen MR) is 74.7 cm³/mol. The summed E-state index contributed by atoms with van der Waals surface area (Å²) in [5.41, 5.74) is 3.07. The lowest BCUT2D eigenvalue weighted by molar-refractivity contribution is 0.304. The van der Waals surface area contributed by atoms with Crippen molar-refractivity contribution in [2.45, 2.75) is 20.1 Å². The average Bonchev–Trinajstić information content (AvgIpc) is 2.41. The zero-order chi connectivity index (χ0) is 13.7. The van der Waals surface area contributed by atoms with E-state index >= 15 is 0 Å². The fraction of sp³-hybridized carbons (Fsp3) is 0.250. The highest BCUT2D eigenvalue weighted by Gasteiger charge is 2.02. The molecule has 2 aromatic rings. The van der Waals surface area contributed by atoms with E-state index < -0.39 is 0 Å². The summed E-state index contributed by atoms with van der Waals surface area (Å²) >= 11 is 0. The summed E-state index contributed by atoms with van der Waals surface area (Å²) in [6.07, 6.45) is 0. The Morgan fingerprint density at radius 1 is 1.16 bits per heavy atom.